The van der Waals surface area contributed by atoms with Crippen molar-refractivity contribution in [2.45, 2.75) is 30.9 Å². The van der Waals surface area contributed by atoms with E-state index in [1.807, 2.05) is 4.90 Å². The summed E-state index contributed by atoms with van der Waals surface area (Å²) in [5, 5.41) is 0. The van der Waals surface area contributed by atoms with Crippen LogP contribution in [0, 0.1) is 0 Å². The number of rotatable bonds is 3. The Hall–Kier alpha value is -1.76. The molecule has 2 N–H and O–H groups in total. The minimum absolute atomic E-state index is 0.321. The van der Waals surface area contributed by atoms with Crippen LogP contribution in [0.15, 0.2) is 29.3 Å². The number of ether oxygens (including phenoxy) is 1. The Kier molecular flexibility index (Phi) is 4.71. The van der Waals surface area contributed by atoms with Gasteiger partial charge in [-0.1, -0.05) is 24.6 Å². The lowest BCUT2D eigenvalue weighted by molar-refractivity contribution is -0.137. The molecule has 0 aromatic heterocycles. The number of guanidine groups is 1. The number of nitrogens with two attached hydrogens (primary N) is 1. The number of hydrogen-bond donors (Lipinski definition) is 1. The number of morpholine rings is 1. The van der Waals surface area contributed by atoms with Gasteiger partial charge in [0.2, 0.25) is 0 Å². The Balaban J connectivity index is 1.77. The van der Waals surface area contributed by atoms with Gasteiger partial charge in [-0.25, -0.2) is 0 Å². The van der Waals surface area contributed by atoms with Crippen molar-refractivity contribution in [1.29, 1.82) is 0 Å². The summed E-state index contributed by atoms with van der Waals surface area (Å²) in [6, 6.07) is 5.63. The molecule has 1 aromatic carbocycles. The fourth-order valence-corrected chi connectivity index (χ4v) is 3.29. The molecule has 1 aliphatic carbocycles. The Morgan fingerprint density at radius 1 is 1.25 bits per heavy atom. The first-order chi connectivity index (χ1) is 11.4. The van der Waals surface area contributed by atoms with Crippen molar-refractivity contribution < 1.29 is 17.9 Å². The van der Waals surface area contributed by atoms with Gasteiger partial charge in [0.25, 0.3) is 0 Å². The van der Waals surface area contributed by atoms with Crippen molar-refractivity contribution in [3.8, 4) is 0 Å². The Labute approximate surface area is 139 Å². The van der Waals surface area contributed by atoms with Gasteiger partial charge in [0, 0.05) is 18.5 Å². The van der Waals surface area contributed by atoms with E-state index in [9.17, 15) is 13.2 Å². The predicted molar refractivity (Wildman–Crippen MR) is 85.9 cm³/mol. The van der Waals surface area contributed by atoms with Crippen LogP contribution in [0.4, 0.5) is 13.2 Å². The lowest BCUT2D eigenvalue weighted by Crippen LogP contribution is -2.46. The number of alkyl halides is 3. The lowest BCUT2D eigenvalue weighted by Gasteiger charge is -2.42. The number of halogens is 3. The summed E-state index contributed by atoms with van der Waals surface area (Å²) in [4.78, 5) is 6.45. The first-order valence-corrected chi connectivity index (χ1v) is 8.21. The lowest BCUT2D eigenvalue weighted by atomic mass is 9.64. The van der Waals surface area contributed by atoms with Crippen molar-refractivity contribution in [1.82, 2.24) is 4.90 Å². The number of aliphatic imine (C=N–C) groups is 1. The van der Waals surface area contributed by atoms with Gasteiger partial charge in [0.1, 0.15) is 0 Å². The zero-order valence-corrected chi connectivity index (χ0v) is 13.5. The normalized spacial score (nSPS) is 21.5. The first-order valence-electron chi connectivity index (χ1n) is 8.21. The summed E-state index contributed by atoms with van der Waals surface area (Å²) < 4.78 is 44.2. The molecule has 2 fully saturated rings. The van der Waals surface area contributed by atoms with Crippen LogP contribution in [0.3, 0.4) is 0 Å². The van der Waals surface area contributed by atoms with E-state index < -0.39 is 11.7 Å². The van der Waals surface area contributed by atoms with E-state index in [4.69, 9.17) is 10.5 Å². The van der Waals surface area contributed by atoms with Crippen LogP contribution in [0.5, 0.6) is 0 Å². The van der Waals surface area contributed by atoms with Crippen LogP contribution in [-0.4, -0.2) is 43.7 Å². The Bertz CT molecular complexity index is 605. The standard InChI is InChI=1S/C17H22F3N3O/c18-17(19,20)14-4-1-3-13(11-14)16(5-2-6-16)12-22-15(21)23-7-9-24-10-8-23/h1,3-4,11H,2,5-10,12H2,(H2,21,22). The Morgan fingerprint density at radius 3 is 2.54 bits per heavy atom. The quantitative estimate of drug-likeness (QED) is 0.679. The summed E-state index contributed by atoms with van der Waals surface area (Å²) in [6.07, 6.45) is -1.64. The summed E-state index contributed by atoms with van der Waals surface area (Å²) in [6.45, 7) is 3.07. The van der Waals surface area contributed by atoms with Crippen LogP contribution < -0.4 is 5.73 Å². The van der Waals surface area contributed by atoms with Gasteiger partial charge < -0.3 is 15.4 Å². The third-order valence-electron chi connectivity index (χ3n) is 4.99. The highest BCUT2D eigenvalue weighted by Crippen LogP contribution is 2.45. The van der Waals surface area contributed by atoms with Gasteiger partial charge in [-0.3, -0.25) is 4.99 Å². The second kappa shape index (κ2) is 6.63. The van der Waals surface area contributed by atoms with Crippen LogP contribution in [-0.2, 0) is 16.3 Å². The summed E-state index contributed by atoms with van der Waals surface area (Å²) in [5.74, 6) is 0.455. The van der Waals surface area contributed by atoms with Gasteiger partial charge >= 0.3 is 6.18 Å². The average Bonchev–Trinajstić information content (AvgIpc) is 2.54. The minimum Gasteiger partial charge on any atom is -0.378 e. The number of benzene rings is 1. The molecule has 7 heteroatoms. The largest absolute Gasteiger partial charge is 0.416 e. The molecule has 2 aliphatic rings. The SMILES string of the molecule is NC(=NCC1(c2cccc(C(F)(F)F)c2)CCC1)N1CCOCC1. The zero-order valence-electron chi connectivity index (χ0n) is 13.5. The minimum atomic E-state index is -4.32. The van der Waals surface area contributed by atoms with Crippen molar-refractivity contribution in [3.05, 3.63) is 35.4 Å². The van der Waals surface area contributed by atoms with E-state index in [2.05, 4.69) is 4.99 Å². The van der Waals surface area contributed by atoms with E-state index >= 15 is 0 Å². The molecule has 1 aliphatic heterocycles. The van der Waals surface area contributed by atoms with Gasteiger partial charge in [-0.15, -0.1) is 0 Å². The topological polar surface area (TPSA) is 50.8 Å². The molecule has 1 saturated carbocycles. The van der Waals surface area contributed by atoms with Crippen LogP contribution in [0.1, 0.15) is 30.4 Å². The molecule has 0 spiro atoms. The summed E-state index contributed by atoms with van der Waals surface area (Å²) >= 11 is 0. The van der Waals surface area contributed by atoms with Crippen molar-refractivity contribution >= 4 is 5.96 Å². The van der Waals surface area contributed by atoms with E-state index in [1.165, 1.54) is 12.1 Å². The third kappa shape index (κ3) is 3.50. The molecule has 24 heavy (non-hydrogen) atoms. The molecule has 4 nitrogen and oxygen atoms in total. The highest BCUT2D eigenvalue weighted by atomic mass is 19.4. The second-order valence-corrected chi connectivity index (χ2v) is 6.49. The highest BCUT2D eigenvalue weighted by molar-refractivity contribution is 5.78. The van der Waals surface area contributed by atoms with Crippen LogP contribution in [0.25, 0.3) is 0 Å². The third-order valence-corrected chi connectivity index (χ3v) is 4.99. The highest BCUT2D eigenvalue weighted by Gasteiger charge is 2.40. The van der Waals surface area contributed by atoms with Crippen molar-refractivity contribution in [3.63, 3.8) is 0 Å². The zero-order chi connectivity index (χ0) is 17.2. The second-order valence-electron chi connectivity index (χ2n) is 6.49. The molecule has 0 unspecified atom stereocenters. The smallest absolute Gasteiger partial charge is 0.378 e. The maximum absolute atomic E-state index is 13.0. The Morgan fingerprint density at radius 2 is 1.96 bits per heavy atom. The van der Waals surface area contributed by atoms with E-state index in [0.717, 1.165) is 25.3 Å². The first kappa shape index (κ1) is 17.1. The summed E-state index contributed by atoms with van der Waals surface area (Å²) in [5.41, 5.74) is 5.84. The van der Waals surface area contributed by atoms with Gasteiger partial charge in [0.05, 0.1) is 25.3 Å². The molecule has 1 saturated heterocycles. The van der Waals surface area contributed by atoms with Gasteiger partial charge in [-0.2, -0.15) is 13.2 Å². The average molecular weight is 341 g/mol. The van der Waals surface area contributed by atoms with E-state index in [0.29, 0.717) is 44.4 Å². The fourth-order valence-electron chi connectivity index (χ4n) is 3.29. The molecule has 132 valence electrons. The molecule has 1 aromatic rings. The molecular weight excluding hydrogens is 319 g/mol. The number of hydrogen-bond acceptors (Lipinski definition) is 2. The van der Waals surface area contributed by atoms with Crippen molar-refractivity contribution in [2.75, 3.05) is 32.8 Å². The maximum atomic E-state index is 13.0. The molecule has 0 atom stereocenters. The molecule has 0 bridgehead atoms. The molecule has 0 amide bonds. The van der Waals surface area contributed by atoms with Crippen molar-refractivity contribution in [2.24, 2.45) is 10.7 Å². The maximum Gasteiger partial charge on any atom is 0.416 e. The van der Waals surface area contributed by atoms with Crippen LogP contribution >= 0.6 is 0 Å². The van der Waals surface area contributed by atoms with E-state index in [1.54, 1.807) is 6.07 Å². The van der Waals surface area contributed by atoms with Gasteiger partial charge in [0.15, 0.2) is 5.96 Å². The van der Waals surface area contributed by atoms with Gasteiger partial charge in [-0.05, 0) is 24.5 Å². The van der Waals surface area contributed by atoms with E-state index in [-0.39, 0.29) is 5.41 Å². The number of nitrogens with zero attached hydrogens (tertiary/aromatic N) is 2. The monoisotopic (exact) mass is 341 g/mol. The predicted octanol–water partition coefficient (Wildman–Crippen LogP) is 2.77. The molecule has 3 rings (SSSR count). The fraction of sp³-hybridized carbons (Fsp3) is 0.588. The molecule has 1 heterocycles. The summed E-state index contributed by atoms with van der Waals surface area (Å²) in [7, 11) is 0. The molecule has 0 radical (unpaired) electrons. The molecular formula is C17H22F3N3O. The van der Waals surface area contributed by atoms with Crippen LogP contribution in [0.2, 0.25) is 0 Å².